The van der Waals surface area contributed by atoms with E-state index in [1.165, 1.54) is 0 Å². The van der Waals surface area contributed by atoms with Crippen LogP contribution in [0.3, 0.4) is 0 Å². The Hall–Kier alpha value is -1.87. The molecular formula is C14H14O3. The largest absolute Gasteiger partial charge is 0.481 e. The minimum atomic E-state index is -0.958. The summed E-state index contributed by atoms with van der Waals surface area (Å²) in [5.41, 5.74) is 0.963. The van der Waals surface area contributed by atoms with Crippen molar-refractivity contribution in [2.45, 2.75) is 6.42 Å². The van der Waals surface area contributed by atoms with E-state index in [9.17, 15) is 4.79 Å². The summed E-state index contributed by atoms with van der Waals surface area (Å²) in [6, 6.07) is 13.7. The van der Waals surface area contributed by atoms with E-state index in [-0.39, 0.29) is 6.61 Å². The van der Waals surface area contributed by atoms with Crippen LogP contribution in [0.2, 0.25) is 0 Å². The molecule has 2 aromatic rings. The molecule has 3 heteroatoms. The van der Waals surface area contributed by atoms with Gasteiger partial charge >= 0.3 is 5.97 Å². The third-order valence-corrected chi connectivity index (χ3v) is 2.92. The maximum Gasteiger partial charge on any atom is 0.309 e. The van der Waals surface area contributed by atoms with Gasteiger partial charge in [0.2, 0.25) is 0 Å². The molecule has 0 fully saturated rings. The zero-order valence-corrected chi connectivity index (χ0v) is 9.34. The average Bonchev–Trinajstić information content (AvgIpc) is 2.35. The number of carbonyl (C=O) groups is 1. The lowest BCUT2D eigenvalue weighted by atomic mass is 9.95. The Kier molecular flexibility index (Phi) is 3.40. The number of aliphatic hydroxyl groups excluding tert-OH is 1. The van der Waals surface area contributed by atoms with Gasteiger partial charge in [-0.2, -0.15) is 0 Å². The van der Waals surface area contributed by atoms with Crippen molar-refractivity contribution in [2.24, 2.45) is 5.92 Å². The molecule has 2 rings (SSSR count). The standard InChI is InChI=1S/C14H14O3/c15-9-12(14(16)17)8-11-6-3-5-10-4-1-2-7-13(10)11/h1-7,12,15H,8-9H2,(H,16,17)/t12-/m1/s1. The number of hydrogen-bond donors (Lipinski definition) is 2. The maximum absolute atomic E-state index is 10.9. The van der Waals surface area contributed by atoms with E-state index in [1.807, 2.05) is 42.5 Å². The number of rotatable bonds is 4. The molecule has 3 nitrogen and oxygen atoms in total. The quantitative estimate of drug-likeness (QED) is 0.845. The number of fused-ring (bicyclic) bond motifs is 1. The smallest absolute Gasteiger partial charge is 0.309 e. The summed E-state index contributed by atoms with van der Waals surface area (Å²) in [5.74, 6) is -1.69. The molecular weight excluding hydrogens is 216 g/mol. The third-order valence-electron chi connectivity index (χ3n) is 2.92. The number of carboxylic acids is 1. The average molecular weight is 230 g/mol. The van der Waals surface area contributed by atoms with Crippen LogP contribution in [0.1, 0.15) is 5.56 Å². The SMILES string of the molecule is O=C(O)[C@@H](CO)Cc1cccc2ccccc12. The van der Waals surface area contributed by atoms with Crippen LogP contribution < -0.4 is 0 Å². The lowest BCUT2D eigenvalue weighted by molar-refractivity contribution is -0.142. The molecule has 0 unspecified atom stereocenters. The molecule has 0 spiro atoms. The first-order valence-corrected chi connectivity index (χ1v) is 5.52. The molecule has 0 amide bonds. The summed E-state index contributed by atoms with van der Waals surface area (Å²) < 4.78 is 0. The van der Waals surface area contributed by atoms with E-state index in [4.69, 9.17) is 10.2 Å². The van der Waals surface area contributed by atoms with Crippen molar-refractivity contribution in [1.29, 1.82) is 0 Å². The highest BCUT2D eigenvalue weighted by Crippen LogP contribution is 2.21. The van der Waals surface area contributed by atoms with Crippen LogP contribution in [0.4, 0.5) is 0 Å². The fraction of sp³-hybridized carbons (Fsp3) is 0.214. The monoisotopic (exact) mass is 230 g/mol. The molecule has 0 radical (unpaired) electrons. The van der Waals surface area contributed by atoms with Crippen molar-refractivity contribution in [2.75, 3.05) is 6.61 Å². The van der Waals surface area contributed by atoms with Crippen LogP contribution in [-0.4, -0.2) is 22.8 Å². The Labute approximate surface area is 99.3 Å². The molecule has 0 aliphatic rings. The van der Waals surface area contributed by atoms with Crippen LogP contribution >= 0.6 is 0 Å². The van der Waals surface area contributed by atoms with Gasteiger partial charge in [-0.25, -0.2) is 0 Å². The van der Waals surface area contributed by atoms with Gasteiger partial charge < -0.3 is 10.2 Å². The molecule has 0 bridgehead atoms. The van der Waals surface area contributed by atoms with Crippen LogP contribution in [0.15, 0.2) is 42.5 Å². The van der Waals surface area contributed by atoms with E-state index >= 15 is 0 Å². The Balaban J connectivity index is 2.38. The van der Waals surface area contributed by atoms with Gasteiger partial charge in [0.1, 0.15) is 0 Å². The maximum atomic E-state index is 10.9. The minimum absolute atomic E-state index is 0.335. The highest BCUT2D eigenvalue weighted by molar-refractivity contribution is 5.86. The van der Waals surface area contributed by atoms with Crippen molar-refractivity contribution in [3.63, 3.8) is 0 Å². The van der Waals surface area contributed by atoms with Crippen LogP contribution in [0.5, 0.6) is 0 Å². The molecule has 0 heterocycles. The number of hydrogen-bond acceptors (Lipinski definition) is 2. The van der Waals surface area contributed by atoms with Crippen molar-refractivity contribution >= 4 is 16.7 Å². The van der Waals surface area contributed by atoms with Gasteiger partial charge in [-0.3, -0.25) is 4.79 Å². The van der Waals surface area contributed by atoms with E-state index in [0.717, 1.165) is 16.3 Å². The van der Waals surface area contributed by atoms with Crippen molar-refractivity contribution in [1.82, 2.24) is 0 Å². The number of aliphatic carboxylic acids is 1. The summed E-state index contributed by atoms with van der Waals surface area (Å²) in [4.78, 5) is 10.9. The van der Waals surface area contributed by atoms with Crippen LogP contribution in [-0.2, 0) is 11.2 Å². The first kappa shape index (κ1) is 11.6. The van der Waals surface area contributed by atoms with Crippen molar-refractivity contribution < 1.29 is 15.0 Å². The van der Waals surface area contributed by atoms with E-state index < -0.39 is 11.9 Å². The number of carboxylic acid groups (broad SMARTS) is 1. The summed E-state index contributed by atoms with van der Waals surface area (Å²) in [6.45, 7) is -0.335. The second-order valence-electron chi connectivity index (χ2n) is 4.06. The van der Waals surface area contributed by atoms with E-state index in [0.29, 0.717) is 6.42 Å². The summed E-state index contributed by atoms with van der Waals surface area (Å²) in [6.07, 6.45) is 0.354. The molecule has 0 aliphatic carbocycles. The molecule has 0 aliphatic heterocycles. The third kappa shape index (κ3) is 2.45. The fourth-order valence-electron chi connectivity index (χ4n) is 1.97. The van der Waals surface area contributed by atoms with Gasteiger partial charge in [0.05, 0.1) is 12.5 Å². The topological polar surface area (TPSA) is 57.5 Å². The Morgan fingerprint density at radius 1 is 1.12 bits per heavy atom. The van der Waals surface area contributed by atoms with E-state index in [1.54, 1.807) is 0 Å². The molecule has 17 heavy (non-hydrogen) atoms. The van der Waals surface area contributed by atoms with Gasteiger partial charge in [0, 0.05) is 0 Å². The Bertz CT molecular complexity index is 528. The molecule has 88 valence electrons. The molecule has 0 saturated heterocycles. The van der Waals surface area contributed by atoms with Crippen LogP contribution in [0.25, 0.3) is 10.8 Å². The normalized spacial score (nSPS) is 12.5. The number of benzene rings is 2. The Morgan fingerprint density at radius 2 is 1.82 bits per heavy atom. The zero-order valence-electron chi connectivity index (χ0n) is 9.34. The minimum Gasteiger partial charge on any atom is -0.481 e. The molecule has 1 atom stereocenters. The highest BCUT2D eigenvalue weighted by Gasteiger charge is 2.17. The second kappa shape index (κ2) is 4.97. The molecule has 0 saturated carbocycles. The zero-order chi connectivity index (χ0) is 12.3. The van der Waals surface area contributed by atoms with Gasteiger partial charge in [0.15, 0.2) is 0 Å². The van der Waals surface area contributed by atoms with Gasteiger partial charge in [-0.05, 0) is 22.8 Å². The van der Waals surface area contributed by atoms with E-state index in [2.05, 4.69) is 0 Å². The number of aliphatic hydroxyl groups is 1. The lowest BCUT2D eigenvalue weighted by Gasteiger charge is -2.11. The molecule has 2 N–H and O–H groups in total. The lowest BCUT2D eigenvalue weighted by Crippen LogP contribution is -2.20. The van der Waals surface area contributed by atoms with Crippen molar-refractivity contribution in [3.8, 4) is 0 Å². The highest BCUT2D eigenvalue weighted by atomic mass is 16.4. The van der Waals surface area contributed by atoms with Crippen LogP contribution in [0, 0.1) is 5.92 Å². The summed E-state index contributed by atoms with van der Waals surface area (Å²) >= 11 is 0. The van der Waals surface area contributed by atoms with Gasteiger partial charge in [0.25, 0.3) is 0 Å². The first-order valence-electron chi connectivity index (χ1n) is 5.52. The summed E-state index contributed by atoms with van der Waals surface area (Å²) in [7, 11) is 0. The van der Waals surface area contributed by atoms with Crippen molar-refractivity contribution in [3.05, 3.63) is 48.0 Å². The summed E-state index contributed by atoms with van der Waals surface area (Å²) in [5, 5.41) is 20.1. The first-order chi connectivity index (χ1) is 8.22. The molecule has 0 aromatic heterocycles. The van der Waals surface area contributed by atoms with Gasteiger partial charge in [-0.15, -0.1) is 0 Å². The Morgan fingerprint density at radius 3 is 2.53 bits per heavy atom. The molecule has 2 aromatic carbocycles. The van der Waals surface area contributed by atoms with Gasteiger partial charge in [-0.1, -0.05) is 42.5 Å². The fourth-order valence-corrected chi connectivity index (χ4v) is 1.97. The predicted molar refractivity (Wildman–Crippen MR) is 65.9 cm³/mol. The second-order valence-corrected chi connectivity index (χ2v) is 4.06. The predicted octanol–water partition coefficient (Wildman–Crippen LogP) is 2.08.